The van der Waals surface area contributed by atoms with Gasteiger partial charge < -0.3 is 10.4 Å². The zero-order valence-corrected chi connectivity index (χ0v) is 10.4. The Morgan fingerprint density at radius 1 is 1.12 bits per heavy atom. The van der Waals surface area contributed by atoms with Gasteiger partial charge >= 0.3 is 0 Å². The number of nitrogens with one attached hydrogen (secondary N) is 1. The fraction of sp³-hybridized carbons (Fsp3) is 0.786. The van der Waals surface area contributed by atoms with Crippen molar-refractivity contribution in [2.24, 2.45) is 5.92 Å². The molecule has 0 bridgehead atoms. The Morgan fingerprint density at radius 3 is 2.71 bits per heavy atom. The van der Waals surface area contributed by atoms with Crippen LogP contribution in [-0.2, 0) is 4.79 Å². The molecule has 0 heterocycles. The van der Waals surface area contributed by atoms with Crippen LogP contribution in [0.3, 0.4) is 0 Å². The van der Waals surface area contributed by atoms with E-state index in [0.717, 1.165) is 44.9 Å². The summed E-state index contributed by atoms with van der Waals surface area (Å²) < 4.78 is 0. The zero-order chi connectivity index (χ0) is 12.1. The minimum absolute atomic E-state index is 0.0177. The van der Waals surface area contributed by atoms with E-state index in [2.05, 4.69) is 17.5 Å². The van der Waals surface area contributed by atoms with E-state index in [1.54, 1.807) is 0 Å². The molecule has 3 atom stereocenters. The Balaban J connectivity index is 1.85. The molecular weight excluding hydrogens is 214 g/mol. The highest BCUT2D eigenvalue weighted by Crippen LogP contribution is 2.21. The second-order valence-corrected chi connectivity index (χ2v) is 5.30. The summed E-state index contributed by atoms with van der Waals surface area (Å²) in [5, 5.41) is 13.0. The number of rotatable bonds is 2. The first kappa shape index (κ1) is 12.6. The summed E-state index contributed by atoms with van der Waals surface area (Å²) in [5.41, 5.74) is 0. The number of aliphatic hydroxyl groups is 1. The summed E-state index contributed by atoms with van der Waals surface area (Å²) in [6, 6.07) is -0.0177. The maximum Gasteiger partial charge on any atom is 0.223 e. The normalized spacial score (nSPS) is 34.1. The number of hydrogen-bond acceptors (Lipinski definition) is 2. The largest absolute Gasteiger partial charge is 0.391 e. The first-order chi connectivity index (χ1) is 8.27. The van der Waals surface area contributed by atoms with Crippen molar-refractivity contribution in [3.63, 3.8) is 0 Å². The molecule has 0 radical (unpaired) electrons. The topological polar surface area (TPSA) is 49.3 Å². The lowest BCUT2D eigenvalue weighted by Crippen LogP contribution is -2.45. The molecule has 0 saturated heterocycles. The van der Waals surface area contributed by atoms with Crippen LogP contribution in [0.25, 0.3) is 0 Å². The Kier molecular flexibility index (Phi) is 4.60. The Labute approximate surface area is 103 Å². The van der Waals surface area contributed by atoms with Gasteiger partial charge in [-0.3, -0.25) is 4.79 Å². The van der Waals surface area contributed by atoms with Crippen molar-refractivity contribution in [2.45, 2.75) is 63.5 Å². The number of carbonyl (C=O) groups is 1. The molecule has 0 aliphatic heterocycles. The SMILES string of the molecule is O=C(NC1CCCCCC1O)C1CC=CCC1. The van der Waals surface area contributed by atoms with E-state index in [1.165, 1.54) is 6.42 Å². The molecule has 2 rings (SSSR count). The molecule has 17 heavy (non-hydrogen) atoms. The quantitative estimate of drug-likeness (QED) is 0.571. The first-order valence-corrected chi connectivity index (χ1v) is 6.91. The summed E-state index contributed by atoms with van der Waals surface area (Å²) in [6.07, 6.45) is 11.8. The van der Waals surface area contributed by atoms with Gasteiger partial charge in [0.05, 0.1) is 12.1 Å². The molecule has 1 fully saturated rings. The molecule has 3 unspecified atom stereocenters. The van der Waals surface area contributed by atoms with Crippen molar-refractivity contribution < 1.29 is 9.90 Å². The maximum absolute atomic E-state index is 12.1. The lowest BCUT2D eigenvalue weighted by Gasteiger charge is -2.25. The molecule has 3 heteroatoms. The van der Waals surface area contributed by atoms with Crippen molar-refractivity contribution in [3.05, 3.63) is 12.2 Å². The van der Waals surface area contributed by atoms with Gasteiger partial charge in [-0.15, -0.1) is 0 Å². The van der Waals surface area contributed by atoms with E-state index in [9.17, 15) is 9.90 Å². The van der Waals surface area contributed by atoms with Gasteiger partial charge in [-0.1, -0.05) is 31.4 Å². The lowest BCUT2D eigenvalue weighted by molar-refractivity contribution is -0.126. The van der Waals surface area contributed by atoms with E-state index in [1.807, 2.05) is 0 Å². The van der Waals surface area contributed by atoms with Gasteiger partial charge in [-0.2, -0.15) is 0 Å². The van der Waals surface area contributed by atoms with Gasteiger partial charge in [-0.05, 0) is 32.1 Å². The molecule has 96 valence electrons. The van der Waals surface area contributed by atoms with Crippen LogP contribution in [-0.4, -0.2) is 23.2 Å². The molecule has 3 nitrogen and oxygen atoms in total. The second kappa shape index (κ2) is 6.20. The van der Waals surface area contributed by atoms with Crippen LogP contribution in [0.5, 0.6) is 0 Å². The van der Waals surface area contributed by atoms with E-state index < -0.39 is 0 Å². The average molecular weight is 237 g/mol. The van der Waals surface area contributed by atoms with Crippen molar-refractivity contribution in [1.29, 1.82) is 0 Å². The van der Waals surface area contributed by atoms with E-state index >= 15 is 0 Å². The number of amides is 1. The van der Waals surface area contributed by atoms with Gasteiger partial charge in [0.15, 0.2) is 0 Å². The van der Waals surface area contributed by atoms with Gasteiger partial charge in [0.25, 0.3) is 0 Å². The van der Waals surface area contributed by atoms with Crippen LogP contribution >= 0.6 is 0 Å². The summed E-state index contributed by atoms with van der Waals surface area (Å²) in [4.78, 5) is 12.1. The average Bonchev–Trinajstić information content (AvgIpc) is 2.56. The minimum atomic E-state index is -0.347. The fourth-order valence-corrected chi connectivity index (χ4v) is 2.79. The predicted molar refractivity (Wildman–Crippen MR) is 67.5 cm³/mol. The molecule has 0 aromatic heterocycles. The minimum Gasteiger partial charge on any atom is -0.391 e. The molecule has 1 amide bonds. The summed E-state index contributed by atoms with van der Waals surface area (Å²) >= 11 is 0. The molecule has 1 saturated carbocycles. The van der Waals surface area contributed by atoms with Crippen LogP contribution < -0.4 is 5.32 Å². The third-order valence-corrected chi connectivity index (χ3v) is 3.95. The van der Waals surface area contributed by atoms with E-state index in [-0.39, 0.29) is 24.0 Å². The highest BCUT2D eigenvalue weighted by atomic mass is 16.3. The maximum atomic E-state index is 12.1. The van der Waals surface area contributed by atoms with Crippen LogP contribution in [0.1, 0.15) is 51.4 Å². The fourth-order valence-electron chi connectivity index (χ4n) is 2.79. The van der Waals surface area contributed by atoms with Gasteiger partial charge in [0.1, 0.15) is 0 Å². The smallest absolute Gasteiger partial charge is 0.223 e. The molecule has 2 aliphatic carbocycles. The predicted octanol–water partition coefficient (Wildman–Crippen LogP) is 2.15. The van der Waals surface area contributed by atoms with Crippen molar-refractivity contribution in [1.82, 2.24) is 5.32 Å². The van der Waals surface area contributed by atoms with E-state index in [4.69, 9.17) is 0 Å². The number of allylic oxidation sites excluding steroid dienone is 2. The van der Waals surface area contributed by atoms with Crippen LogP contribution in [0.4, 0.5) is 0 Å². The number of hydrogen-bond donors (Lipinski definition) is 2. The standard InChI is InChI=1S/C14H23NO2/c16-13-10-6-2-5-9-12(13)15-14(17)11-7-3-1-4-8-11/h1,3,11-13,16H,2,4-10H2,(H,15,17). The highest BCUT2D eigenvalue weighted by molar-refractivity contribution is 5.79. The number of carbonyl (C=O) groups excluding carboxylic acids is 1. The molecule has 2 N–H and O–H groups in total. The molecule has 0 aromatic rings. The van der Waals surface area contributed by atoms with Crippen LogP contribution in [0.15, 0.2) is 12.2 Å². The molecule has 0 aromatic carbocycles. The first-order valence-electron chi connectivity index (χ1n) is 6.91. The molecule has 0 spiro atoms. The molecule has 2 aliphatic rings. The lowest BCUT2D eigenvalue weighted by atomic mass is 9.93. The van der Waals surface area contributed by atoms with Crippen molar-refractivity contribution >= 4 is 5.91 Å². The van der Waals surface area contributed by atoms with E-state index in [0.29, 0.717) is 0 Å². The van der Waals surface area contributed by atoms with Crippen molar-refractivity contribution in [3.8, 4) is 0 Å². The monoisotopic (exact) mass is 237 g/mol. The highest BCUT2D eigenvalue weighted by Gasteiger charge is 2.26. The summed E-state index contributed by atoms with van der Waals surface area (Å²) in [6.45, 7) is 0. The Bertz CT molecular complexity index is 288. The van der Waals surface area contributed by atoms with Crippen molar-refractivity contribution in [2.75, 3.05) is 0 Å². The van der Waals surface area contributed by atoms with Crippen LogP contribution in [0, 0.1) is 5.92 Å². The summed E-state index contributed by atoms with van der Waals surface area (Å²) in [5.74, 6) is 0.260. The van der Waals surface area contributed by atoms with Gasteiger partial charge in [0.2, 0.25) is 5.91 Å². The third-order valence-electron chi connectivity index (χ3n) is 3.95. The Hall–Kier alpha value is -0.830. The summed E-state index contributed by atoms with van der Waals surface area (Å²) in [7, 11) is 0. The van der Waals surface area contributed by atoms with Gasteiger partial charge in [0, 0.05) is 5.92 Å². The zero-order valence-electron chi connectivity index (χ0n) is 10.4. The van der Waals surface area contributed by atoms with Gasteiger partial charge in [-0.25, -0.2) is 0 Å². The number of aliphatic hydroxyl groups excluding tert-OH is 1. The Morgan fingerprint density at radius 2 is 1.94 bits per heavy atom. The second-order valence-electron chi connectivity index (χ2n) is 5.30. The third kappa shape index (κ3) is 3.56. The molecular formula is C14H23NO2. The van der Waals surface area contributed by atoms with Crippen LogP contribution in [0.2, 0.25) is 0 Å².